The van der Waals surface area contributed by atoms with E-state index in [0.717, 1.165) is 12.8 Å². The Morgan fingerprint density at radius 3 is 1.89 bits per heavy atom. The second-order valence-corrected chi connectivity index (χ2v) is 7.46. The van der Waals surface area contributed by atoms with E-state index in [0.29, 0.717) is 6.42 Å². The van der Waals surface area contributed by atoms with Crippen molar-refractivity contribution >= 4 is 5.91 Å². The summed E-state index contributed by atoms with van der Waals surface area (Å²) in [7, 11) is 0. The number of amides is 1. The van der Waals surface area contributed by atoms with Crippen molar-refractivity contribution in [3.05, 3.63) is 12.2 Å². The summed E-state index contributed by atoms with van der Waals surface area (Å²) in [5.74, 6) is -0.561. The maximum Gasteiger partial charge on any atom is 0.249 e. The van der Waals surface area contributed by atoms with E-state index in [9.17, 15) is 20.1 Å². The van der Waals surface area contributed by atoms with Crippen molar-refractivity contribution < 1.29 is 20.1 Å². The fraction of sp³-hybridized carbons (Fsp3) is 0.864. The number of aliphatic hydroxyl groups excluding tert-OH is 3. The first-order valence-electron chi connectivity index (χ1n) is 11.0. The summed E-state index contributed by atoms with van der Waals surface area (Å²) in [5, 5.41) is 31.3. The Hall–Kier alpha value is -0.910. The van der Waals surface area contributed by atoms with Crippen LogP contribution >= 0.6 is 0 Å². The van der Waals surface area contributed by atoms with Crippen molar-refractivity contribution in [3.63, 3.8) is 0 Å². The molecule has 0 rings (SSSR count). The molecule has 4 N–H and O–H groups in total. The Morgan fingerprint density at radius 1 is 0.889 bits per heavy atom. The molecule has 0 saturated carbocycles. The van der Waals surface area contributed by atoms with Gasteiger partial charge in [-0.3, -0.25) is 4.79 Å². The molecule has 0 aromatic rings. The molecule has 0 aromatic carbocycles. The summed E-state index contributed by atoms with van der Waals surface area (Å²) in [6.07, 6.45) is 17.0. The lowest BCUT2D eigenvalue weighted by atomic mass is 10.0. The number of nitrogens with one attached hydrogen (secondary N) is 1. The lowest BCUT2D eigenvalue weighted by Crippen LogP contribution is -2.48. The van der Waals surface area contributed by atoms with Gasteiger partial charge in [0.25, 0.3) is 0 Å². The highest BCUT2D eigenvalue weighted by molar-refractivity contribution is 5.80. The van der Waals surface area contributed by atoms with Crippen LogP contribution in [-0.2, 0) is 4.79 Å². The van der Waals surface area contributed by atoms with E-state index in [2.05, 4.69) is 12.2 Å². The smallest absolute Gasteiger partial charge is 0.249 e. The van der Waals surface area contributed by atoms with E-state index in [1.807, 2.05) is 6.08 Å². The molecule has 0 radical (unpaired) electrons. The van der Waals surface area contributed by atoms with Gasteiger partial charge in [-0.2, -0.15) is 0 Å². The van der Waals surface area contributed by atoms with E-state index in [-0.39, 0.29) is 6.61 Å². The van der Waals surface area contributed by atoms with E-state index in [4.69, 9.17) is 0 Å². The average Bonchev–Trinajstić information content (AvgIpc) is 2.68. The number of unbranched alkanes of at least 4 members (excludes halogenated alkanes) is 11. The van der Waals surface area contributed by atoms with Crippen LogP contribution in [0.3, 0.4) is 0 Å². The van der Waals surface area contributed by atoms with Crippen LogP contribution in [0.2, 0.25) is 0 Å². The molecular formula is C22H43NO4. The van der Waals surface area contributed by atoms with Crippen LogP contribution in [0.15, 0.2) is 12.2 Å². The number of carbonyl (C=O) groups excluding carboxylic acids is 1. The van der Waals surface area contributed by atoms with Crippen LogP contribution < -0.4 is 5.32 Å². The number of rotatable bonds is 18. The summed E-state index contributed by atoms with van der Waals surface area (Å²) in [6, 6.07) is -0.785. The zero-order chi connectivity index (χ0) is 20.3. The fourth-order valence-corrected chi connectivity index (χ4v) is 3.00. The highest BCUT2D eigenvalue weighted by atomic mass is 16.3. The van der Waals surface area contributed by atoms with Gasteiger partial charge in [0, 0.05) is 0 Å². The SMILES string of the molecule is CCCCCCCCCCCCCC=C[C@@H](O)[C@H](CO)NC(=O)[C@@H](O)CC. The first kappa shape index (κ1) is 26.1. The van der Waals surface area contributed by atoms with Gasteiger partial charge in [-0.25, -0.2) is 0 Å². The summed E-state index contributed by atoms with van der Waals surface area (Å²) in [5.41, 5.74) is 0. The molecule has 0 aromatic heterocycles. The molecule has 3 atom stereocenters. The van der Waals surface area contributed by atoms with E-state index in [1.165, 1.54) is 64.2 Å². The predicted octanol–water partition coefficient (Wildman–Crippen LogP) is 3.85. The highest BCUT2D eigenvalue weighted by Crippen LogP contribution is 2.12. The van der Waals surface area contributed by atoms with Crippen LogP contribution in [0.5, 0.6) is 0 Å². The van der Waals surface area contributed by atoms with E-state index >= 15 is 0 Å². The molecule has 0 bridgehead atoms. The Morgan fingerprint density at radius 2 is 1.41 bits per heavy atom. The van der Waals surface area contributed by atoms with Crippen molar-refractivity contribution in [2.24, 2.45) is 0 Å². The van der Waals surface area contributed by atoms with Gasteiger partial charge in [-0.05, 0) is 19.3 Å². The third-order valence-corrected chi connectivity index (χ3v) is 4.93. The lowest BCUT2D eigenvalue weighted by molar-refractivity contribution is -0.131. The third-order valence-electron chi connectivity index (χ3n) is 4.93. The van der Waals surface area contributed by atoms with Gasteiger partial charge < -0.3 is 20.6 Å². The molecule has 5 heteroatoms. The van der Waals surface area contributed by atoms with Gasteiger partial charge in [-0.15, -0.1) is 0 Å². The minimum absolute atomic E-state index is 0.300. The first-order valence-corrected chi connectivity index (χ1v) is 11.0. The van der Waals surface area contributed by atoms with Crippen LogP contribution in [-0.4, -0.2) is 46.1 Å². The predicted molar refractivity (Wildman–Crippen MR) is 112 cm³/mol. The monoisotopic (exact) mass is 385 g/mol. The van der Waals surface area contributed by atoms with Crippen molar-refractivity contribution in [1.29, 1.82) is 0 Å². The van der Waals surface area contributed by atoms with Gasteiger partial charge in [0.15, 0.2) is 0 Å². The van der Waals surface area contributed by atoms with Crippen LogP contribution in [0, 0.1) is 0 Å². The number of allylic oxidation sites excluding steroid dienone is 1. The highest BCUT2D eigenvalue weighted by Gasteiger charge is 2.21. The molecule has 1 amide bonds. The maximum absolute atomic E-state index is 11.6. The molecule has 0 saturated heterocycles. The Bertz CT molecular complexity index is 373. The topological polar surface area (TPSA) is 89.8 Å². The van der Waals surface area contributed by atoms with Gasteiger partial charge in [0.05, 0.1) is 18.8 Å². The van der Waals surface area contributed by atoms with Crippen molar-refractivity contribution in [2.75, 3.05) is 6.61 Å². The normalized spacial score (nSPS) is 15.0. The number of aliphatic hydroxyl groups is 3. The average molecular weight is 386 g/mol. The van der Waals surface area contributed by atoms with Gasteiger partial charge in [0.1, 0.15) is 6.10 Å². The van der Waals surface area contributed by atoms with Crippen molar-refractivity contribution in [2.45, 2.75) is 116 Å². The molecule has 27 heavy (non-hydrogen) atoms. The lowest BCUT2D eigenvalue weighted by Gasteiger charge is -2.21. The second kappa shape index (κ2) is 18.5. The largest absolute Gasteiger partial charge is 0.394 e. The fourth-order valence-electron chi connectivity index (χ4n) is 3.00. The Balaban J connectivity index is 3.69. The standard InChI is InChI=1S/C22H43NO4/c1-3-5-6-7-8-9-10-11-12-13-14-15-16-17-21(26)19(18-24)23-22(27)20(25)4-2/h16-17,19-21,24-26H,3-15,18H2,1-2H3,(H,23,27)/t19-,20-,21+/m0/s1. The molecular weight excluding hydrogens is 342 g/mol. The number of carbonyl (C=O) groups is 1. The van der Waals surface area contributed by atoms with E-state index in [1.54, 1.807) is 13.0 Å². The molecule has 0 aliphatic heterocycles. The molecule has 0 heterocycles. The molecule has 160 valence electrons. The maximum atomic E-state index is 11.6. The molecule has 0 aliphatic carbocycles. The van der Waals surface area contributed by atoms with E-state index < -0.39 is 24.2 Å². The second-order valence-electron chi connectivity index (χ2n) is 7.46. The quantitative estimate of drug-likeness (QED) is 0.213. The van der Waals surface area contributed by atoms with Gasteiger partial charge in [0.2, 0.25) is 5.91 Å². The Labute approximate surface area is 166 Å². The van der Waals surface area contributed by atoms with Crippen molar-refractivity contribution in [1.82, 2.24) is 5.32 Å². The number of hydrogen-bond donors (Lipinski definition) is 4. The van der Waals surface area contributed by atoms with Crippen LogP contribution in [0.4, 0.5) is 0 Å². The summed E-state index contributed by atoms with van der Waals surface area (Å²) >= 11 is 0. The molecule has 0 fully saturated rings. The van der Waals surface area contributed by atoms with Gasteiger partial charge >= 0.3 is 0 Å². The number of hydrogen-bond acceptors (Lipinski definition) is 4. The minimum Gasteiger partial charge on any atom is -0.394 e. The minimum atomic E-state index is -1.11. The zero-order valence-corrected chi connectivity index (χ0v) is 17.5. The molecule has 0 unspecified atom stereocenters. The van der Waals surface area contributed by atoms with Crippen LogP contribution in [0.1, 0.15) is 97.3 Å². The van der Waals surface area contributed by atoms with Crippen molar-refractivity contribution in [3.8, 4) is 0 Å². The summed E-state index contributed by atoms with van der Waals surface area (Å²) in [4.78, 5) is 11.6. The third kappa shape index (κ3) is 14.8. The van der Waals surface area contributed by atoms with Gasteiger partial charge in [-0.1, -0.05) is 90.2 Å². The molecule has 0 spiro atoms. The molecule has 5 nitrogen and oxygen atoms in total. The van der Waals surface area contributed by atoms with Crippen LogP contribution in [0.25, 0.3) is 0 Å². The zero-order valence-electron chi connectivity index (χ0n) is 17.5. The first-order chi connectivity index (χ1) is 13.1. The summed E-state index contributed by atoms with van der Waals surface area (Å²) < 4.78 is 0. The molecule has 0 aliphatic rings. The summed E-state index contributed by atoms with van der Waals surface area (Å²) in [6.45, 7) is 3.58. The Kier molecular flexibility index (Phi) is 17.8.